The highest BCUT2D eigenvalue weighted by Gasteiger charge is 2.21. The van der Waals surface area contributed by atoms with Gasteiger partial charge in [0.2, 0.25) is 0 Å². The van der Waals surface area contributed by atoms with Crippen LogP contribution in [0.2, 0.25) is 0 Å². The maximum Gasteiger partial charge on any atom is 0.407 e. The number of rotatable bonds is 10. The largest absolute Gasteiger partial charge is 0.495 e. The number of sulfonamides is 1. The summed E-state index contributed by atoms with van der Waals surface area (Å²) in [6, 6.07) is 17.5. The number of benzene rings is 3. The molecule has 0 aliphatic rings. The van der Waals surface area contributed by atoms with Crippen molar-refractivity contribution < 1.29 is 32.6 Å². The Morgan fingerprint density at radius 1 is 0.895 bits per heavy atom. The predicted molar refractivity (Wildman–Crippen MR) is 145 cm³/mol. The van der Waals surface area contributed by atoms with Crippen molar-refractivity contribution in [3.05, 3.63) is 72.3 Å². The molecule has 0 spiro atoms. The summed E-state index contributed by atoms with van der Waals surface area (Å²) in [5, 5.41) is 15.0. The number of alkyl carbamates (subject to hydrolysis) is 1. The van der Waals surface area contributed by atoms with Crippen LogP contribution in [0.4, 0.5) is 16.2 Å². The van der Waals surface area contributed by atoms with Gasteiger partial charge in [0.25, 0.3) is 10.0 Å². The SMILES string of the molecule is COc1ccc(-c2cccc(C(=O)O)c2)cc1S(=O)(=O)Nc1cccc(NCCNC(=O)OC(C)(C)C)c1. The summed E-state index contributed by atoms with van der Waals surface area (Å²) >= 11 is 0. The van der Waals surface area contributed by atoms with E-state index in [2.05, 4.69) is 15.4 Å². The molecule has 0 saturated heterocycles. The van der Waals surface area contributed by atoms with Gasteiger partial charge in [-0.2, -0.15) is 0 Å². The Kier molecular flexibility index (Phi) is 8.84. The third kappa shape index (κ3) is 7.87. The van der Waals surface area contributed by atoms with Crippen molar-refractivity contribution in [3.63, 3.8) is 0 Å². The van der Waals surface area contributed by atoms with Gasteiger partial charge in [-0.1, -0.05) is 24.3 Å². The van der Waals surface area contributed by atoms with Gasteiger partial charge < -0.3 is 25.2 Å². The van der Waals surface area contributed by atoms with Crippen LogP contribution < -0.4 is 20.1 Å². The number of carbonyl (C=O) groups is 2. The third-order valence-electron chi connectivity index (χ3n) is 5.13. The number of ether oxygens (including phenoxy) is 2. The number of anilines is 2. The van der Waals surface area contributed by atoms with E-state index < -0.39 is 27.7 Å². The fourth-order valence-electron chi connectivity index (χ4n) is 3.49. The number of amides is 1. The van der Waals surface area contributed by atoms with E-state index in [1.807, 2.05) is 0 Å². The van der Waals surface area contributed by atoms with Gasteiger partial charge in [-0.05, 0) is 74.4 Å². The Morgan fingerprint density at radius 3 is 2.26 bits per heavy atom. The van der Waals surface area contributed by atoms with Crippen LogP contribution in [0.15, 0.2) is 71.6 Å². The van der Waals surface area contributed by atoms with Gasteiger partial charge >= 0.3 is 12.1 Å². The smallest absolute Gasteiger partial charge is 0.407 e. The average molecular weight is 542 g/mol. The lowest BCUT2D eigenvalue weighted by Gasteiger charge is -2.19. The molecule has 0 unspecified atom stereocenters. The molecule has 0 heterocycles. The Morgan fingerprint density at radius 2 is 1.58 bits per heavy atom. The quantitative estimate of drug-likeness (QED) is 0.268. The molecule has 3 rings (SSSR count). The zero-order valence-corrected chi connectivity index (χ0v) is 22.4. The summed E-state index contributed by atoms with van der Waals surface area (Å²) in [6.07, 6.45) is -0.522. The summed E-state index contributed by atoms with van der Waals surface area (Å²) < 4.78 is 39.7. The molecule has 38 heavy (non-hydrogen) atoms. The summed E-state index contributed by atoms with van der Waals surface area (Å²) in [5.74, 6) is -0.942. The van der Waals surface area contributed by atoms with Crippen LogP contribution in [-0.4, -0.2) is 51.4 Å². The lowest BCUT2D eigenvalue weighted by Crippen LogP contribution is -2.34. The first-order valence-corrected chi connectivity index (χ1v) is 13.2. The molecule has 1 amide bonds. The Bertz CT molecular complexity index is 1420. The van der Waals surface area contributed by atoms with Crippen molar-refractivity contribution in [1.29, 1.82) is 0 Å². The van der Waals surface area contributed by atoms with Crippen molar-refractivity contribution >= 4 is 33.5 Å². The first-order valence-electron chi connectivity index (χ1n) is 11.7. The first kappa shape index (κ1) is 28.3. The van der Waals surface area contributed by atoms with E-state index >= 15 is 0 Å². The maximum atomic E-state index is 13.3. The summed E-state index contributed by atoms with van der Waals surface area (Å²) in [5.41, 5.74) is 1.52. The minimum Gasteiger partial charge on any atom is -0.495 e. The Labute approximate surface area is 222 Å². The lowest BCUT2D eigenvalue weighted by atomic mass is 10.0. The molecule has 0 aromatic heterocycles. The van der Waals surface area contributed by atoms with E-state index in [-0.39, 0.29) is 16.2 Å². The van der Waals surface area contributed by atoms with Crippen LogP contribution >= 0.6 is 0 Å². The molecule has 0 atom stereocenters. The fraction of sp³-hybridized carbons (Fsp3) is 0.259. The Hall–Kier alpha value is -4.25. The number of nitrogens with one attached hydrogen (secondary N) is 3. The Balaban J connectivity index is 1.74. The van der Waals surface area contributed by atoms with Gasteiger partial charge in [0.05, 0.1) is 18.4 Å². The van der Waals surface area contributed by atoms with E-state index in [4.69, 9.17) is 9.47 Å². The summed E-state index contributed by atoms with van der Waals surface area (Å²) in [6.45, 7) is 6.03. The van der Waals surface area contributed by atoms with Crippen molar-refractivity contribution in [1.82, 2.24) is 5.32 Å². The number of carbonyl (C=O) groups excluding carboxylic acids is 1. The lowest BCUT2D eigenvalue weighted by molar-refractivity contribution is 0.0529. The molecule has 0 radical (unpaired) electrons. The number of methoxy groups -OCH3 is 1. The van der Waals surface area contributed by atoms with Crippen LogP contribution in [0.1, 0.15) is 31.1 Å². The van der Waals surface area contributed by atoms with Crippen molar-refractivity contribution in [2.24, 2.45) is 0 Å². The van der Waals surface area contributed by atoms with Gasteiger partial charge in [0, 0.05) is 18.8 Å². The molecular weight excluding hydrogens is 510 g/mol. The third-order valence-corrected chi connectivity index (χ3v) is 6.54. The average Bonchev–Trinajstić information content (AvgIpc) is 2.85. The van der Waals surface area contributed by atoms with Crippen LogP contribution in [0.3, 0.4) is 0 Å². The highest BCUT2D eigenvalue weighted by molar-refractivity contribution is 7.92. The molecule has 11 heteroatoms. The van der Waals surface area contributed by atoms with Crippen molar-refractivity contribution in [2.45, 2.75) is 31.3 Å². The second-order valence-corrected chi connectivity index (χ2v) is 10.9. The highest BCUT2D eigenvalue weighted by atomic mass is 32.2. The van der Waals surface area contributed by atoms with Crippen LogP contribution in [0.25, 0.3) is 11.1 Å². The maximum absolute atomic E-state index is 13.3. The van der Waals surface area contributed by atoms with E-state index in [1.165, 1.54) is 31.4 Å². The molecular formula is C27H31N3O7S. The zero-order chi connectivity index (χ0) is 27.9. The number of hydrogen-bond acceptors (Lipinski definition) is 7. The number of carboxylic acid groups (broad SMARTS) is 1. The van der Waals surface area contributed by atoms with Crippen LogP contribution in [0, 0.1) is 0 Å². The van der Waals surface area contributed by atoms with Gasteiger partial charge in [-0.15, -0.1) is 0 Å². The molecule has 0 bridgehead atoms. The minimum atomic E-state index is -4.08. The van der Waals surface area contributed by atoms with E-state index in [0.717, 1.165) is 0 Å². The summed E-state index contributed by atoms with van der Waals surface area (Å²) in [4.78, 5) is 23.0. The minimum absolute atomic E-state index is 0.0893. The number of aromatic carboxylic acids is 1. The predicted octanol–water partition coefficient (Wildman–Crippen LogP) is 4.80. The zero-order valence-electron chi connectivity index (χ0n) is 21.6. The molecule has 0 aliphatic carbocycles. The number of hydrogen-bond donors (Lipinski definition) is 4. The van der Waals surface area contributed by atoms with E-state index in [0.29, 0.717) is 35.6 Å². The normalized spacial score (nSPS) is 11.4. The topological polar surface area (TPSA) is 143 Å². The van der Waals surface area contributed by atoms with Crippen molar-refractivity contribution in [3.8, 4) is 16.9 Å². The van der Waals surface area contributed by atoms with E-state index in [9.17, 15) is 23.1 Å². The number of carboxylic acids is 1. The molecule has 0 fully saturated rings. The molecule has 0 aliphatic heterocycles. The monoisotopic (exact) mass is 541 g/mol. The van der Waals surface area contributed by atoms with Crippen LogP contribution in [0.5, 0.6) is 5.75 Å². The van der Waals surface area contributed by atoms with Gasteiger partial charge in [-0.3, -0.25) is 4.72 Å². The van der Waals surface area contributed by atoms with Gasteiger partial charge in [-0.25, -0.2) is 18.0 Å². The van der Waals surface area contributed by atoms with Crippen molar-refractivity contribution in [2.75, 3.05) is 30.2 Å². The van der Waals surface area contributed by atoms with Gasteiger partial charge in [0.15, 0.2) is 0 Å². The summed E-state index contributed by atoms with van der Waals surface area (Å²) in [7, 11) is -2.71. The van der Waals surface area contributed by atoms with Crippen LogP contribution in [-0.2, 0) is 14.8 Å². The highest BCUT2D eigenvalue weighted by Crippen LogP contribution is 2.32. The molecule has 4 N–H and O–H groups in total. The second-order valence-electron chi connectivity index (χ2n) is 9.29. The molecule has 3 aromatic carbocycles. The molecule has 3 aromatic rings. The molecule has 10 nitrogen and oxygen atoms in total. The van der Waals surface area contributed by atoms with E-state index in [1.54, 1.807) is 63.2 Å². The first-order chi connectivity index (χ1) is 17.9. The standard InChI is InChI=1S/C27H31N3O7S/c1-27(2,3)37-26(33)29-14-13-28-21-9-6-10-22(17-21)30-38(34,35)24-16-19(11-12-23(24)36-4)18-7-5-8-20(15-18)25(31)32/h5-12,15-17,28,30H,13-14H2,1-4H3,(H,29,33)(H,31,32). The fourth-order valence-corrected chi connectivity index (χ4v) is 4.73. The molecule has 202 valence electrons. The second kappa shape index (κ2) is 11.9. The van der Waals surface area contributed by atoms with Gasteiger partial charge in [0.1, 0.15) is 16.2 Å². The molecule has 0 saturated carbocycles.